The van der Waals surface area contributed by atoms with E-state index in [0.717, 1.165) is 30.2 Å². The maximum Gasteiger partial charge on any atom is 0.123 e. The number of nitrogens with one attached hydrogen (secondary N) is 1. The molecule has 1 unspecified atom stereocenters. The molecule has 2 aromatic carbocycles. The highest BCUT2D eigenvalue weighted by molar-refractivity contribution is 7.98. The molecule has 1 atom stereocenters. The number of halogens is 1. The fraction of sp³-hybridized carbons (Fsp3) is 0.417. The average molecular weight is 397 g/mol. The third kappa shape index (κ3) is 4.61. The van der Waals surface area contributed by atoms with Gasteiger partial charge in [-0.05, 0) is 67.1 Å². The van der Waals surface area contributed by atoms with Gasteiger partial charge in [0, 0.05) is 40.8 Å². The van der Waals surface area contributed by atoms with Crippen LogP contribution < -0.4 is 0 Å². The molecule has 2 heterocycles. The molecule has 0 radical (unpaired) electrons. The molecule has 0 saturated carbocycles. The van der Waals surface area contributed by atoms with Crippen LogP contribution in [0.1, 0.15) is 37.3 Å². The van der Waals surface area contributed by atoms with Crippen LogP contribution in [-0.2, 0) is 12.2 Å². The highest BCUT2D eigenvalue weighted by Crippen LogP contribution is 2.33. The van der Waals surface area contributed by atoms with Gasteiger partial charge in [0.2, 0.25) is 0 Å². The molecule has 1 saturated heterocycles. The lowest BCUT2D eigenvalue weighted by Gasteiger charge is -2.16. The predicted molar refractivity (Wildman–Crippen MR) is 117 cm³/mol. The van der Waals surface area contributed by atoms with Crippen molar-refractivity contribution in [3.63, 3.8) is 0 Å². The maximum atomic E-state index is 13.1. The molecule has 1 N–H and O–H groups in total. The Kier molecular flexibility index (Phi) is 6.38. The summed E-state index contributed by atoms with van der Waals surface area (Å²) >= 11 is 1.84. The molecule has 1 aliphatic rings. The number of likely N-dealkylation sites (tertiary alicyclic amines) is 1. The predicted octanol–water partition coefficient (Wildman–Crippen LogP) is 6.26. The quantitative estimate of drug-likeness (QED) is 0.453. The lowest BCUT2D eigenvalue weighted by atomic mass is 10.0. The Morgan fingerprint density at radius 3 is 2.86 bits per heavy atom. The van der Waals surface area contributed by atoms with Crippen LogP contribution in [0, 0.1) is 11.7 Å². The number of rotatable bonds is 8. The van der Waals surface area contributed by atoms with E-state index in [0.29, 0.717) is 0 Å². The van der Waals surface area contributed by atoms with Crippen molar-refractivity contribution >= 4 is 22.7 Å². The van der Waals surface area contributed by atoms with Crippen molar-refractivity contribution in [1.29, 1.82) is 0 Å². The van der Waals surface area contributed by atoms with E-state index in [4.69, 9.17) is 0 Å². The normalized spacial score (nSPS) is 17.6. The molecule has 0 aliphatic carbocycles. The highest BCUT2D eigenvalue weighted by atomic mass is 32.2. The number of aromatic amines is 1. The minimum absolute atomic E-state index is 0.174. The van der Waals surface area contributed by atoms with Gasteiger partial charge < -0.3 is 9.88 Å². The Morgan fingerprint density at radius 2 is 2.04 bits per heavy atom. The van der Waals surface area contributed by atoms with Crippen LogP contribution in [0.3, 0.4) is 0 Å². The molecule has 3 aromatic rings. The van der Waals surface area contributed by atoms with E-state index < -0.39 is 0 Å². The summed E-state index contributed by atoms with van der Waals surface area (Å²) in [6.07, 6.45) is 7.31. The summed E-state index contributed by atoms with van der Waals surface area (Å²) in [7, 11) is 0. The fourth-order valence-electron chi connectivity index (χ4n) is 4.32. The number of thioether (sulfide) groups is 1. The zero-order valence-electron chi connectivity index (χ0n) is 16.6. The van der Waals surface area contributed by atoms with Gasteiger partial charge in [0.25, 0.3) is 0 Å². The molecular formula is C24H29FN2S. The number of hydrogen-bond donors (Lipinski definition) is 1. The smallest absolute Gasteiger partial charge is 0.123 e. The van der Waals surface area contributed by atoms with E-state index in [2.05, 4.69) is 41.2 Å². The number of hydrogen-bond acceptors (Lipinski definition) is 2. The summed E-state index contributed by atoms with van der Waals surface area (Å²) in [6, 6.07) is 13.3. The lowest BCUT2D eigenvalue weighted by molar-refractivity contribution is 0.324. The fourth-order valence-corrected chi connectivity index (χ4v) is 5.39. The number of fused-ring (bicyclic) bond motifs is 1. The molecule has 28 heavy (non-hydrogen) atoms. The van der Waals surface area contributed by atoms with Crippen LogP contribution in [0.5, 0.6) is 0 Å². The van der Waals surface area contributed by atoms with Gasteiger partial charge in [-0.1, -0.05) is 31.5 Å². The van der Waals surface area contributed by atoms with Crippen molar-refractivity contribution in [2.45, 2.75) is 43.3 Å². The van der Waals surface area contributed by atoms with Gasteiger partial charge in [-0.3, -0.25) is 0 Å². The van der Waals surface area contributed by atoms with Crippen LogP contribution in [0.15, 0.2) is 53.6 Å². The van der Waals surface area contributed by atoms with Gasteiger partial charge in [0.1, 0.15) is 5.82 Å². The Balaban J connectivity index is 1.43. The van der Waals surface area contributed by atoms with Crippen molar-refractivity contribution in [1.82, 2.24) is 9.88 Å². The first-order valence-electron chi connectivity index (χ1n) is 10.4. The van der Waals surface area contributed by atoms with E-state index >= 15 is 0 Å². The highest BCUT2D eigenvalue weighted by Gasteiger charge is 2.21. The third-order valence-electron chi connectivity index (χ3n) is 5.82. The first-order valence-corrected chi connectivity index (χ1v) is 11.4. The van der Waals surface area contributed by atoms with Gasteiger partial charge in [0.15, 0.2) is 0 Å². The zero-order valence-corrected chi connectivity index (χ0v) is 17.4. The Labute approximate surface area is 171 Å². The Hall–Kier alpha value is -1.78. The van der Waals surface area contributed by atoms with E-state index in [1.807, 2.05) is 23.9 Å². The molecule has 0 spiro atoms. The number of H-pyrrole nitrogens is 1. The number of benzene rings is 2. The summed E-state index contributed by atoms with van der Waals surface area (Å²) in [5.41, 5.74) is 3.78. The van der Waals surface area contributed by atoms with Crippen molar-refractivity contribution in [2.24, 2.45) is 5.92 Å². The minimum Gasteiger partial charge on any atom is -0.361 e. The first kappa shape index (κ1) is 19.5. The standard InChI is InChI=1S/C24H29FN2S/c1-2-4-18-11-13-27(16-18)14-12-20-15-26-22-5-3-6-23(24(20)22)28-17-19-7-9-21(25)10-8-19/h3,5-10,15,18,26H,2,4,11-14,16-17H2,1H3. The first-order chi connectivity index (χ1) is 13.7. The van der Waals surface area contributed by atoms with Crippen LogP contribution >= 0.6 is 11.8 Å². The third-order valence-corrected chi connectivity index (χ3v) is 6.95. The van der Waals surface area contributed by atoms with Crippen LogP contribution in [0.25, 0.3) is 10.9 Å². The summed E-state index contributed by atoms with van der Waals surface area (Å²) < 4.78 is 13.1. The van der Waals surface area contributed by atoms with Gasteiger partial charge in [-0.2, -0.15) is 0 Å². The van der Waals surface area contributed by atoms with Crippen LogP contribution in [-0.4, -0.2) is 29.5 Å². The number of nitrogens with zero attached hydrogens (tertiary/aromatic N) is 1. The molecule has 0 amide bonds. The Bertz CT molecular complexity index is 903. The van der Waals surface area contributed by atoms with E-state index in [1.54, 1.807) is 12.1 Å². The largest absolute Gasteiger partial charge is 0.361 e. The molecule has 4 rings (SSSR count). The van der Waals surface area contributed by atoms with Crippen LogP contribution in [0.4, 0.5) is 4.39 Å². The van der Waals surface area contributed by atoms with E-state index in [1.165, 1.54) is 53.7 Å². The topological polar surface area (TPSA) is 19.0 Å². The monoisotopic (exact) mass is 396 g/mol. The van der Waals surface area contributed by atoms with E-state index in [9.17, 15) is 4.39 Å². The average Bonchev–Trinajstić information content (AvgIpc) is 3.33. The molecular weight excluding hydrogens is 367 g/mol. The summed E-state index contributed by atoms with van der Waals surface area (Å²) in [4.78, 5) is 7.40. The zero-order chi connectivity index (χ0) is 19.3. The SMILES string of the molecule is CCCC1CCN(CCc2c[nH]c3cccc(SCc4ccc(F)cc4)c23)C1. The van der Waals surface area contributed by atoms with E-state index in [-0.39, 0.29) is 5.82 Å². The molecule has 1 aliphatic heterocycles. The van der Waals surface area contributed by atoms with Gasteiger partial charge in [-0.25, -0.2) is 4.39 Å². The molecule has 1 fully saturated rings. The van der Waals surface area contributed by atoms with Gasteiger partial charge in [-0.15, -0.1) is 11.8 Å². The molecule has 2 nitrogen and oxygen atoms in total. The molecule has 4 heteroatoms. The Morgan fingerprint density at radius 1 is 1.18 bits per heavy atom. The summed E-state index contributed by atoms with van der Waals surface area (Å²) in [6.45, 7) is 5.95. The summed E-state index contributed by atoms with van der Waals surface area (Å²) in [5, 5.41) is 1.36. The second-order valence-electron chi connectivity index (χ2n) is 7.90. The summed E-state index contributed by atoms with van der Waals surface area (Å²) in [5.74, 6) is 1.58. The maximum absolute atomic E-state index is 13.1. The van der Waals surface area contributed by atoms with Crippen molar-refractivity contribution in [3.05, 3.63) is 65.6 Å². The molecule has 148 valence electrons. The second kappa shape index (κ2) is 9.15. The van der Waals surface area contributed by atoms with Crippen molar-refractivity contribution < 1.29 is 4.39 Å². The van der Waals surface area contributed by atoms with Gasteiger partial charge >= 0.3 is 0 Å². The molecule has 1 aromatic heterocycles. The van der Waals surface area contributed by atoms with Crippen molar-refractivity contribution in [2.75, 3.05) is 19.6 Å². The number of aromatic nitrogens is 1. The lowest BCUT2D eigenvalue weighted by Crippen LogP contribution is -2.23. The van der Waals surface area contributed by atoms with Crippen molar-refractivity contribution in [3.8, 4) is 0 Å². The minimum atomic E-state index is -0.174. The second-order valence-corrected chi connectivity index (χ2v) is 8.92. The van der Waals surface area contributed by atoms with Gasteiger partial charge in [0.05, 0.1) is 0 Å². The van der Waals surface area contributed by atoms with Crippen LogP contribution in [0.2, 0.25) is 0 Å². The molecule has 0 bridgehead atoms.